The largest absolute Gasteiger partial charge is 0.324 e. The van der Waals surface area contributed by atoms with Gasteiger partial charge in [-0.1, -0.05) is 13.8 Å². The third-order valence-corrected chi connectivity index (χ3v) is 2.89. The lowest BCUT2D eigenvalue weighted by Gasteiger charge is -2.19. The molecule has 1 aromatic carbocycles. The van der Waals surface area contributed by atoms with Crippen LogP contribution in [0.2, 0.25) is 0 Å². The number of hydrogen-bond donors (Lipinski definition) is 1. The van der Waals surface area contributed by atoms with Gasteiger partial charge in [-0.2, -0.15) is 0 Å². The number of halogens is 2. The van der Waals surface area contributed by atoms with Gasteiger partial charge in [0.2, 0.25) is 0 Å². The van der Waals surface area contributed by atoms with Gasteiger partial charge in [0.25, 0.3) is 0 Å². The highest BCUT2D eigenvalue weighted by molar-refractivity contribution is 5.42. The van der Waals surface area contributed by atoms with Crippen LogP contribution in [0.5, 0.6) is 0 Å². The van der Waals surface area contributed by atoms with Crippen molar-refractivity contribution in [3.05, 3.63) is 34.9 Å². The Balaban J connectivity index is 2.69. The topological polar surface area (TPSA) is 26.0 Å². The van der Waals surface area contributed by atoms with E-state index in [1.807, 2.05) is 13.8 Å². The average Bonchev–Trinajstić information content (AvgIpc) is 2.21. The first-order valence-corrected chi connectivity index (χ1v) is 4.67. The Labute approximate surface area is 81.9 Å². The second-order valence-electron chi connectivity index (χ2n) is 4.55. The zero-order chi connectivity index (χ0) is 10.5. The Morgan fingerprint density at radius 2 is 2.00 bits per heavy atom. The van der Waals surface area contributed by atoms with E-state index in [2.05, 4.69) is 0 Å². The maximum atomic E-state index is 13.5. The number of nitrogens with two attached hydrogens (primary N) is 1. The van der Waals surface area contributed by atoms with Crippen molar-refractivity contribution in [3.63, 3.8) is 0 Å². The minimum atomic E-state index is -0.547. The summed E-state index contributed by atoms with van der Waals surface area (Å²) in [6, 6.07) is 2.03. The normalized spacial score (nSPS) is 23.6. The van der Waals surface area contributed by atoms with Crippen LogP contribution in [0, 0.1) is 11.6 Å². The van der Waals surface area contributed by atoms with Gasteiger partial charge in [-0.25, -0.2) is 8.78 Å². The first-order chi connectivity index (χ1) is 6.42. The van der Waals surface area contributed by atoms with Crippen molar-refractivity contribution in [3.8, 4) is 0 Å². The van der Waals surface area contributed by atoms with Gasteiger partial charge in [0.05, 0.1) is 0 Å². The molecule has 0 saturated heterocycles. The van der Waals surface area contributed by atoms with Crippen LogP contribution in [0.3, 0.4) is 0 Å². The molecule has 0 fully saturated rings. The van der Waals surface area contributed by atoms with E-state index in [0.29, 0.717) is 17.5 Å². The monoisotopic (exact) mass is 197 g/mol. The predicted molar refractivity (Wildman–Crippen MR) is 50.9 cm³/mol. The molecule has 0 amide bonds. The molecule has 1 aromatic rings. The fraction of sp³-hybridized carbons (Fsp3) is 0.455. The van der Waals surface area contributed by atoms with Gasteiger partial charge < -0.3 is 5.73 Å². The summed E-state index contributed by atoms with van der Waals surface area (Å²) in [6.07, 6.45) is 0.669. The molecule has 76 valence electrons. The maximum absolute atomic E-state index is 13.5. The van der Waals surface area contributed by atoms with Gasteiger partial charge in [0.15, 0.2) is 0 Å². The second-order valence-corrected chi connectivity index (χ2v) is 4.55. The van der Waals surface area contributed by atoms with Crippen LogP contribution in [0.25, 0.3) is 0 Å². The van der Waals surface area contributed by atoms with Crippen molar-refractivity contribution in [2.75, 3.05) is 0 Å². The highest BCUT2D eigenvalue weighted by Crippen LogP contribution is 2.44. The van der Waals surface area contributed by atoms with Crippen LogP contribution in [0.4, 0.5) is 8.78 Å². The first kappa shape index (κ1) is 9.59. The van der Waals surface area contributed by atoms with Gasteiger partial charge in [0.1, 0.15) is 11.6 Å². The minimum Gasteiger partial charge on any atom is -0.324 e. The highest BCUT2D eigenvalue weighted by atomic mass is 19.1. The molecule has 0 aromatic heterocycles. The van der Waals surface area contributed by atoms with Crippen LogP contribution in [0.15, 0.2) is 12.1 Å². The fourth-order valence-electron chi connectivity index (χ4n) is 2.36. The van der Waals surface area contributed by atoms with Gasteiger partial charge in [-0.3, -0.25) is 0 Å². The summed E-state index contributed by atoms with van der Waals surface area (Å²) in [6.45, 7) is 3.86. The zero-order valence-electron chi connectivity index (χ0n) is 8.27. The molecule has 0 spiro atoms. The predicted octanol–water partition coefficient (Wildman–Crippen LogP) is 2.65. The molecule has 1 aliphatic rings. The minimum absolute atomic E-state index is 0.245. The number of hydrogen-bond acceptors (Lipinski definition) is 1. The summed E-state index contributed by atoms with van der Waals surface area (Å²) in [5.74, 6) is -1.02. The summed E-state index contributed by atoms with van der Waals surface area (Å²) < 4.78 is 26.5. The first-order valence-electron chi connectivity index (χ1n) is 4.67. The molecule has 2 N–H and O–H groups in total. The third kappa shape index (κ3) is 1.23. The van der Waals surface area contributed by atoms with Crippen LogP contribution in [0.1, 0.15) is 37.4 Å². The molecule has 0 unspecified atom stereocenters. The van der Waals surface area contributed by atoms with E-state index < -0.39 is 11.6 Å². The average molecular weight is 197 g/mol. The van der Waals surface area contributed by atoms with E-state index >= 15 is 0 Å². The van der Waals surface area contributed by atoms with Gasteiger partial charge in [-0.15, -0.1) is 0 Å². The van der Waals surface area contributed by atoms with Crippen molar-refractivity contribution in [2.45, 2.75) is 31.7 Å². The number of benzene rings is 1. The van der Waals surface area contributed by atoms with E-state index in [1.54, 1.807) is 0 Å². The summed E-state index contributed by atoms with van der Waals surface area (Å²) in [4.78, 5) is 0. The standard InChI is InChI=1S/C11H13F2N/c1-11(2)5-9(14)7-3-6(12)4-8(13)10(7)11/h3-4,9H,5,14H2,1-2H3/t9-/m1/s1. The number of rotatable bonds is 0. The van der Waals surface area contributed by atoms with Crippen molar-refractivity contribution in [1.82, 2.24) is 0 Å². The van der Waals surface area contributed by atoms with Gasteiger partial charge in [0, 0.05) is 12.1 Å². The van der Waals surface area contributed by atoms with Crippen molar-refractivity contribution in [1.29, 1.82) is 0 Å². The SMILES string of the molecule is CC1(C)C[C@@H](N)c2cc(F)cc(F)c21. The van der Waals surface area contributed by atoms with Crippen LogP contribution < -0.4 is 5.73 Å². The summed E-state index contributed by atoms with van der Waals surface area (Å²) >= 11 is 0. The Bertz CT molecular complexity index is 385. The van der Waals surface area contributed by atoms with E-state index in [1.165, 1.54) is 6.07 Å². The summed E-state index contributed by atoms with van der Waals surface area (Å²) in [7, 11) is 0. The lowest BCUT2D eigenvalue weighted by Crippen LogP contribution is -2.15. The molecular weight excluding hydrogens is 184 g/mol. The van der Waals surface area contributed by atoms with Crippen molar-refractivity contribution >= 4 is 0 Å². The molecule has 14 heavy (non-hydrogen) atoms. The molecule has 3 heteroatoms. The summed E-state index contributed by atoms with van der Waals surface area (Å²) in [5, 5.41) is 0. The highest BCUT2D eigenvalue weighted by Gasteiger charge is 2.37. The molecule has 0 heterocycles. The fourth-order valence-corrected chi connectivity index (χ4v) is 2.36. The molecule has 0 aliphatic heterocycles. The molecular formula is C11H13F2N. The Kier molecular flexibility index (Phi) is 1.89. The smallest absolute Gasteiger partial charge is 0.130 e. The second kappa shape index (κ2) is 2.76. The Morgan fingerprint density at radius 3 is 2.64 bits per heavy atom. The lowest BCUT2D eigenvalue weighted by molar-refractivity contribution is 0.460. The quantitative estimate of drug-likeness (QED) is 0.679. The van der Waals surface area contributed by atoms with Crippen LogP contribution in [-0.2, 0) is 5.41 Å². The van der Waals surface area contributed by atoms with Crippen LogP contribution >= 0.6 is 0 Å². The molecule has 0 saturated carbocycles. The van der Waals surface area contributed by atoms with E-state index in [4.69, 9.17) is 5.73 Å². The van der Waals surface area contributed by atoms with E-state index in [-0.39, 0.29) is 11.5 Å². The van der Waals surface area contributed by atoms with E-state index in [9.17, 15) is 8.78 Å². The Morgan fingerprint density at radius 1 is 1.36 bits per heavy atom. The molecule has 0 bridgehead atoms. The van der Waals surface area contributed by atoms with Crippen molar-refractivity contribution < 1.29 is 8.78 Å². The zero-order valence-corrected chi connectivity index (χ0v) is 8.27. The molecule has 2 rings (SSSR count). The van der Waals surface area contributed by atoms with Gasteiger partial charge in [-0.05, 0) is 29.0 Å². The molecule has 1 aliphatic carbocycles. The third-order valence-electron chi connectivity index (χ3n) is 2.89. The van der Waals surface area contributed by atoms with Crippen LogP contribution in [-0.4, -0.2) is 0 Å². The Hall–Kier alpha value is -0.960. The van der Waals surface area contributed by atoms with E-state index in [0.717, 1.165) is 6.07 Å². The molecule has 0 radical (unpaired) electrons. The molecule has 1 atom stereocenters. The summed E-state index contributed by atoms with van der Waals surface area (Å²) in [5.41, 5.74) is 6.73. The number of fused-ring (bicyclic) bond motifs is 1. The van der Waals surface area contributed by atoms with Crippen molar-refractivity contribution in [2.24, 2.45) is 5.73 Å². The maximum Gasteiger partial charge on any atom is 0.130 e. The molecule has 1 nitrogen and oxygen atoms in total. The van der Waals surface area contributed by atoms with Gasteiger partial charge >= 0.3 is 0 Å². The lowest BCUT2D eigenvalue weighted by atomic mass is 9.86.